The summed E-state index contributed by atoms with van der Waals surface area (Å²) in [7, 11) is 3.37. The fraction of sp³-hybridized carbons (Fsp3) is 0.211. The van der Waals surface area contributed by atoms with Gasteiger partial charge in [-0.2, -0.15) is 4.98 Å². The predicted octanol–water partition coefficient (Wildman–Crippen LogP) is 3.45. The lowest BCUT2D eigenvalue weighted by molar-refractivity contribution is -0.126. The maximum absolute atomic E-state index is 13.0. The monoisotopic (exact) mass is 388 g/mol. The van der Waals surface area contributed by atoms with Crippen LogP contribution >= 0.6 is 11.6 Å². The average molecular weight is 389 g/mol. The van der Waals surface area contributed by atoms with E-state index in [1.54, 1.807) is 55.4 Å². The molecule has 6 nitrogen and oxygen atoms in total. The number of aromatic nitrogens is 2. The molecule has 2 aromatic carbocycles. The van der Waals surface area contributed by atoms with E-state index < -0.39 is 6.04 Å². The first kappa shape index (κ1) is 19.0. The second kappa shape index (κ2) is 8.28. The van der Waals surface area contributed by atoms with Crippen molar-refractivity contribution in [2.24, 2.45) is 0 Å². The number of halogens is 2. The van der Waals surface area contributed by atoms with Crippen molar-refractivity contribution in [3.8, 4) is 11.4 Å². The summed E-state index contributed by atoms with van der Waals surface area (Å²) in [5.41, 5.74) is 1.44. The Balaban J connectivity index is 1.79. The molecule has 0 aliphatic heterocycles. The average Bonchev–Trinajstić information content (AvgIpc) is 3.12. The van der Waals surface area contributed by atoms with Gasteiger partial charge in [-0.3, -0.25) is 9.69 Å². The van der Waals surface area contributed by atoms with Crippen LogP contribution in [0, 0.1) is 5.82 Å². The zero-order valence-corrected chi connectivity index (χ0v) is 15.6. The van der Waals surface area contributed by atoms with Crippen molar-refractivity contribution >= 4 is 17.5 Å². The van der Waals surface area contributed by atoms with Crippen LogP contribution in [0.4, 0.5) is 4.39 Å². The summed E-state index contributed by atoms with van der Waals surface area (Å²) in [4.78, 5) is 18.5. The second-order valence-corrected chi connectivity index (χ2v) is 6.44. The van der Waals surface area contributed by atoms with Crippen LogP contribution in [0.3, 0.4) is 0 Å². The standard InChI is InChI=1S/C19H18ClFN4O2/c1-22-19(26)17(12-3-7-14(20)8-4-12)25(2)11-16-23-18(24-27-16)13-5-9-15(21)10-6-13/h3-10,17H,11H2,1-2H3,(H,22,26). The zero-order chi connectivity index (χ0) is 19.4. The molecule has 0 radical (unpaired) electrons. The third kappa shape index (κ3) is 4.50. The van der Waals surface area contributed by atoms with Gasteiger partial charge in [0.25, 0.3) is 0 Å². The van der Waals surface area contributed by atoms with Crippen molar-refractivity contribution in [2.75, 3.05) is 14.1 Å². The Bertz CT molecular complexity index is 912. The van der Waals surface area contributed by atoms with Crippen LogP contribution in [0.15, 0.2) is 53.1 Å². The molecule has 0 saturated carbocycles. The molecule has 1 N–H and O–H groups in total. The Hall–Kier alpha value is -2.77. The Morgan fingerprint density at radius 3 is 2.52 bits per heavy atom. The maximum Gasteiger partial charge on any atom is 0.241 e. The van der Waals surface area contributed by atoms with E-state index in [9.17, 15) is 9.18 Å². The summed E-state index contributed by atoms with van der Waals surface area (Å²) < 4.78 is 18.3. The third-order valence-corrected chi connectivity index (χ3v) is 4.33. The lowest BCUT2D eigenvalue weighted by Crippen LogP contribution is -2.36. The lowest BCUT2D eigenvalue weighted by Gasteiger charge is -2.25. The van der Waals surface area contributed by atoms with Crippen molar-refractivity contribution < 1.29 is 13.7 Å². The molecule has 0 aliphatic carbocycles. The molecule has 3 rings (SSSR count). The quantitative estimate of drug-likeness (QED) is 0.700. The predicted molar refractivity (Wildman–Crippen MR) is 99.4 cm³/mol. The zero-order valence-electron chi connectivity index (χ0n) is 14.8. The number of rotatable bonds is 6. The lowest BCUT2D eigenvalue weighted by atomic mass is 10.0. The van der Waals surface area contributed by atoms with Crippen molar-refractivity contribution in [3.63, 3.8) is 0 Å². The third-order valence-electron chi connectivity index (χ3n) is 4.08. The van der Waals surface area contributed by atoms with Crippen molar-refractivity contribution in [2.45, 2.75) is 12.6 Å². The first-order chi connectivity index (χ1) is 13.0. The summed E-state index contributed by atoms with van der Waals surface area (Å²) in [6.45, 7) is 0.259. The van der Waals surface area contributed by atoms with E-state index in [4.69, 9.17) is 16.1 Å². The first-order valence-corrected chi connectivity index (χ1v) is 8.61. The highest BCUT2D eigenvalue weighted by Gasteiger charge is 2.26. The van der Waals surface area contributed by atoms with Gasteiger partial charge in [0.2, 0.25) is 17.6 Å². The molecule has 140 valence electrons. The van der Waals surface area contributed by atoms with Gasteiger partial charge in [-0.1, -0.05) is 28.9 Å². The van der Waals surface area contributed by atoms with Crippen LogP contribution in [0.5, 0.6) is 0 Å². The normalized spacial score (nSPS) is 12.2. The van der Waals surface area contributed by atoms with Crippen LogP contribution < -0.4 is 5.32 Å². The number of hydrogen-bond donors (Lipinski definition) is 1. The van der Waals surface area contributed by atoms with Crippen molar-refractivity contribution in [1.29, 1.82) is 0 Å². The fourth-order valence-corrected chi connectivity index (χ4v) is 2.85. The van der Waals surface area contributed by atoms with Gasteiger partial charge in [-0.05, 0) is 49.0 Å². The highest BCUT2D eigenvalue weighted by atomic mass is 35.5. The van der Waals surface area contributed by atoms with E-state index in [-0.39, 0.29) is 18.3 Å². The van der Waals surface area contributed by atoms with Crippen LogP contribution in [-0.4, -0.2) is 35.0 Å². The molecule has 27 heavy (non-hydrogen) atoms. The second-order valence-electron chi connectivity index (χ2n) is 6.00. The van der Waals surface area contributed by atoms with Gasteiger partial charge in [0.1, 0.15) is 11.9 Å². The summed E-state index contributed by atoms with van der Waals surface area (Å²) in [5, 5.41) is 7.19. The minimum atomic E-state index is -0.548. The summed E-state index contributed by atoms with van der Waals surface area (Å²) in [6.07, 6.45) is 0. The van der Waals surface area contributed by atoms with Gasteiger partial charge in [-0.15, -0.1) is 0 Å². The highest BCUT2D eigenvalue weighted by Crippen LogP contribution is 2.24. The van der Waals surface area contributed by atoms with E-state index in [1.165, 1.54) is 12.1 Å². The SMILES string of the molecule is CNC(=O)C(c1ccc(Cl)cc1)N(C)Cc1nc(-c2ccc(F)cc2)no1. The Morgan fingerprint density at radius 2 is 1.89 bits per heavy atom. The molecule has 0 aliphatic rings. The number of nitrogens with zero attached hydrogens (tertiary/aromatic N) is 3. The fourth-order valence-electron chi connectivity index (χ4n) is 2.73. The molecule has 8 heteroatoms. The van der Waals surface area contributed by atoms with E-state index in [0.29, 0.717) is 22.3 Å². The Labute approximate surface area is 160 Å². The van der Waals surface area contributed by atoms with Gasteiger partial charge < -0.3 is 9.84 Å². The molecule has 1 unspecified atom stereocenters. The molecular formula is C19H18ClFN4O2. The van der Waals surface area contributed by atoms with E-state index in [0.717, 1.165) is 5.56 Å². The van der Waals surface area contributed by atoms with E-state index in [2.05, 4.69) is 15.5 Å². The number of carbonyl (C=O) groups is 1. The van der Waals surface area contributed by atoms with Crippen molar-refractivity contribution in [3.05, 3.63) is 70.8 Å². The Morgan fingerprint density at radius 1 is 1.22 bits per heavy atom. The molecule has 0 fully saturated rings. The summed E-state index contributed by atoms with van der Waals surface area (Å²) in [6, 6.07) is 12.4. The molecule has 0 saturated heterocycles. The largest absolute Gasteiger partial charge is 0.358 e. The smallest absolute Gasteiger partial charge is 0.241 e. The van der Waals surface area contributed by atoms with Gasteiger partial charge >= 0.3 is 0 Å². The number of nitrogens with one attached hydrogen (secondary N) is 1. The topological polar surface area (TPSA) is 71.3 Å². The number of carbonyl (C=O) groups excluding carboxylic acids is 1. The van der Waals surface area contributed by atoms with Crippen LogP contribution in [0.2, 0.25) is 5.02 Å². The molecule has 1 aromatic heterocycles. The molecule has 1 heterocycles. The number of hydrogen-bond acceptors (Lipinski definition) is 5. The minimum absolute atomic E-state index is 0.168. The highest BCUT2D eigenvalue weighted by molar-refractivity contribution is 6.30. The number of amides is 1. The van der Waals surface area contributed by atoms with Crippen LogP contribution in [-0.2, 0) is 11.3 Å². The number of benzene rings is 2. The molecule has 1 amide bonds. The summed E-state index contributed by atoms with van der Waals surface area (Å²) >= 11 is 5.94. The van der Waals surface area contributed by atoms with E-state index in [1.807, 2.05) is 0 Å². The number of likely N-dealkylation sites (N-methyl/N-ethyl adjacent to an activating group) is 2. The van der Waals surface area contributed by atoms with Gasteiger partial charge in [-0.25, -0.2) is 4.39 Å². The minimum Gasteiger partial charge on any atom is -0.358 e. The molecule has 0 spiro atoms. The first-order valence-electron chi connectivity index (χ1n) is 8.23. The van der Waals surface area contributed by atoms with Gasteiger partial charge in [0.15, 0.2) is 0 Å². The van der Waals surface area contributed by atoms with Gasteiger partial charge in [0, 0.05) is 17.6 Å². The van der Waals surface area contributed by atoms with Gasteiger partial charge in [0.05, 0.1) is 6.54 Å². The van der Waals surface area contributed by atoms with Crippen molar-refractivity contribution in [1.82, 2.24) is 20.4 Å². The molecular weight excluding hydrogens is 371 g/mol. The van der Waals surface area contributed by atoms with E-state index >= 15 is 0 Å². The van der Waals surface area contributed by atoms with Crippen LogP contribution in [0.1, 0.15) is 17.5 Å². The summed E-state index contributed by atoms with van der Waals surface area (Å²) in [5.74, 6) is 0.206. The maximum atomic E-state index is 13.0. The molecule has 0 bridgehead atoms. The van der Waals surface area contributed by atoms with Crippen LogP contribution in [0.25, 0.3) is 11.4 Å². The molecule has 3 aromatic rings. The molecule has 1 atom stereocenters. The Kier molecular flexibility index (Phi) is 5.83.